The van der Waals surface area contributed by atoms with Crippen molar-refractivity contribution in [2.24, 2.45) is 0 Å². The van der Waals surface area contributed by atoms with E-state index in [0.717, 1.165) is 14.0 Å². The summed E-state index contributed by atoms with van der Waals surface area (Å²) in [6, 6.07) is 5.75. The van der Waals surface area contributed by atoms with Gasteiger partial charge in [0, 0.05) is 31.4 Å². The number of carbonyl (C=O) groups is 1. The number of rotatable bonds is 3. The van der Waals surface area contributed by atoms with Crippen molar-refractivity contribution in [2.75, 3.05) is 7.05 Å². The topological polar surface area (TPSA) is 33.2 Å². The normalized spacial score (nSPS) is 10.2. The lowest BCUT2D eigenvalue weighted by Gasteiger charge is -2.16. The molecule has 0 aliphatic rings. The number of hydrogen-bond acceptors (Lipinski definition) is 3. The lowest BCUT2D eigenvalue weighted by Crippen LogP contribution is -2.25. The third-order valence-corrected chi connectivity index (χ3v) is 4.12. The van der Waals surface area contributed by atoms with Crippen molar-refractivity contribution in [3.63, 3.8) is 0 Å². The van der Waals surface area contributed by atoms with Gasteiger partial charge in [-0.3, -0.25) is 9.78 Å². The summed E-state index contributed by atoms with van der Waals surface area (Å²) < 4.78 is 1.13. The Labute approximate surface area is 118 Å². The van der Waals surface area contributed by atoms with Crippen LogP contribution in [0.5, 0.6) is 0 Å². The molecular formula is C12H11IN2OS. The van der Waals surface area contributed by atoms with E-state index >= 15 is 0 Å². The van der Waals surface area contributed by atoms with Crippen molar-refractivity contribution in [1.29, 1.82) is 0 Å². The van der Waals surface area contributed by atoms with Gasteiger partial charge in [0.15, 0.2) is 0 Å². The van der Waals surface area contributed by atoms with Crippen molar-refractivity contribution >= 4 is 39.8 Å². The minimum Gasteiger partial charge on any atom is -0.337 e. The smallest absolute Gasteiger partial charge is 0.254 e. The number of carbonyl (C=O) groups excluding carboxylic acids is 1. The van der Waals surface area contributed by atoms with Crippen LogP contribution >= 0.6 is 33.9 Å². The first-order valence-corrected chi connectivity index (χ1v) is 7.01. The van der Waals surface area contributed by atoms with Crippen LogP contribution < -0.4 is 0 Å². The predicted octanol–water partition coefficient (Wildman–Crippen LogP) is 3.02. The number of amides is 1. The van der Waals surface area contributed by atoms with Crippen molar-refractivity contribution in [2.45, 2.75) is 6.54 Å². The highest BCUT2D eigenvalue weighted by Crippen LogP contribution is 2.18. The van der Waals surface area contributed by atoms with Gasteiger partial charge in [-0.25, -0.2) is 0 Å². The highest BCUT2D eigenvalue weighted by atomic mass is 127. The predicted molar refractivity (Wildman–Crippen MR) is 77.1 cm³/mol. The molecule has 3 nitrogen and oxygen atoms in total. The Morgan fingerprint density at radius 3 is 2.76 bits per heavy atom. The molecule has 0 aliphatic heterocycles. The molecule has 17 heavy (non-hydrogen) atoms. The molecule has 2 heterocycles. The molecule has 0 saturated heterocycles. The molecule has 88 valence electrons. The first-order chi connectivity index (χ1) is 8.16. The van der Waals surface area contributed by atoms with Gasteiger partial charge in [0.05, 0.1) is 8.45 Å². The first-order valence-electron chi connectivity index (χ1n) is 5.05. The van der Waals surface area contributed by atoms with E-state index in [9.17, 15) is 4.79 Å². The Kier molecular flexibility index (Phi) is 4.11. The maximum Gasteiger partial charge on any atom is 0.254 e. The number of halogens is 1. The highest BCUT2D eigenvalue weighted by Gasteiger charge is 2.13. The second kappa shape index (κ2) is 5.59. The van der Waals surface area contributed by atoms with Crippen LogP contribution in [-0.2, 0) is 6.54 Å². The van der Waals surface area contributed by atoms with Gasteiger partial charge in [-0.15, -0.1) is 11.3 Å². The molecule has 2 rings (SSSR count). The second-order valence-electron chi connectivity index (χ2n) is 3.66. The van der Waals surface area contributed by atoms with E-state index in [1.54, 1.807) is 28.6 Å². The van der Waals surface area contributed by atoms with Crippen LogP contribution in [0.3, 0.4) is 0 Å². The molecule has 2 aromatic rings. The SMILES string of the molecule is CN(Cc1ccncc1)C(=O)c1csc(I)c1. The Morgan fingerprint density at radius 2 is 2.18 bits per heavy atom. The highest BCUT2D eigenvalue weighted by molar-refractivity contribution is 14.1. The van der Waals surface area contributed by atoms with E-state index < -0.39 is 0 Å². The molecule has 0 spiro atoms. The molecular weight excluding hydrogens is 347 g/mol. The van der Waals surface area contributed by atoms with Crippen LogP contribution in [0.25, 0.3) is 0 Å². The third kappa shape index (κ3) is 3.26. The molecule has 5 heteroatoms. The van der Waals surface area contributed by atoms with Crippen LogP contribution in [0.15, 0.2) is 36.0 Å². The quantitative estimate of drug-likeness (QED) is 0.791. The number of aromatic nitrogens is 1. The summed E-state index contributed by atoms with van der Waals surface area (Å²) in [5.74, 6) is 0.0565. The summed E-state index contributed by atoms with van der Waals surface area (Å²) in [6.45, 7) is 0.605. The Balaban J connectivity index is 2.06. The van der Waals surface area contributed by atoms with Crippen molar-refractivity contribution in [3.05, 3.63) is 50.0 Å². The molecule has 2 aromatic heterocycles. The van der Waals surface area contributed by atoms with E-state index in [2.05, 4.69) is 27.6 Å². The number of pyridine rings is 1. The molecule has 0 fully saturated rings. The van der Waals surface area contributed by atoms with E-state index in [1.807, 2.05) is 30.6 Å². The van der Waals surface area contributed by atoms with Crippen LogP contribution in [-0.4, -0.2) is 22.8 Å². The zero-order chi connectivity index (χ0) is 12.3. The minimum atomic E-state index is 0.0565. The van der Waals surface area contributed by atoms with Gasteiger partial charge in [0.25, 0.3) is 5.91 Å². The molecule has 0 aliphatic carbocycles. The average Bonchev–Trinajstić information content (AvgIpc) is 2.76. The fourth-order valence-corrected chi connectivity index (χ4v) is 2.80. The van der Waals surface area contributed by atoms with Crippen LogP contribution in [0, 0.1) is 2.88 Å². The Bertz CT molecular complexity index is 512. The van der Waals surface area contributed by atoms with Crippen LogP contribution in [0.4, 0.5) is 0 Å². The molecule has 0 aromatic carbocycles. The van der Waals surface area contributed by atoms with Gasteiger partial charge in [-0.1, -0.05) is 0 Å². The lowest BCUT2D eigenvalue weighted by atomic mass is 10.2. The summed E-state index contributed by atoms with van der Waals surface area (Å²) in [7, 11) is 1.81. The fourth-order valence-electron chi connectivity index (χ4n) is 1.48. The number of nitrogens with zero attached hydrogens (tertiary/aromatic N) is 2. The third-order valence-electron chi connectivity index (χ3n) is 2.33. The minimum absolute atomic E-state index is 0.0565. The van der Waals surface area contributed by atoms with Crippen molar-refractivity contribution in [1.82, 2.24) is 9.88 Å². The summed E-state index contributed by atoms with van der Waals surface area (Å²) in [4.78, 5) is 17.7. The van der Waals surface area contributed by atoms with E-state index in [0.29, 0.717) is 6.54 Å². The maximum absolute atomic E-state index is 12.1. The van der Waals surface area contributed by atoms with E-state index in [-0.39, 0.29) is 5.91 Å². The van der Waals surface area contributed by atoms with Gasteiger partial charge >= 0.3 is 0 Å². The van der Waals surface area contributed by atoms with E-state index in [1.165, 1.54) is 0 Å². The molecule has 0 N–H and O–H groups in total. The monoisotopic (exact) mass is 358 g/mol. The molecule has 0 saturated carbocycles. The largest absolute Gasteiger partial charge is 0.337 e. The molecule has 0 unspecified atom stereocenters. The van der Waals surface area contributed by atoms with Gasteiger partial charge in [0.1, 0.15) is 0 Å². The van der Waals surface area contributed by atoms with Crippen molar-refractivity contribution < 1.29 is 4.79 Å². The second-order valence-corrected chi connectivity index (χ2v) is 6.46. The van der Waals surface area contributed by atoms with Crippen molar-refractivity contribution in [3.8, 4) is 0 Å². The van der Waals surface area contributed by atoms with Gasteiger partial charge in [-0.2, -0.15) is 0 Å². The summed E-state index contributed by atoms with van der Waals surface area (Å²) in [6.07, 6.45) is 3.47. The summed E-state index contributed by atoms with van der Waals surface area (Å²) in [5, 5.41) is 1.90. The van der Waals surface area contributed by atoms with E-state index in [4.69, 9.17) is 0 Å². The Hall–Kier alpha value is -0.950. The molecule has 0 atom stereocenters. The zero-order valence-corrected chi connectivity index (χ0v) is 12.2. The van der Waals surface area contributed by atoms with Gasteiger partial charge < -0.3 is 4.90 Å². The lowest BCUT2D eigenvalue weighted by molar-refractivity contribution is 0.0785. The van der Waals surface area contributed by atoms with Crippen LogP contribution in [0.2, 0.25) is 0 Å². The fraction of sp³-hybridized carbons (Fsp3) is 0.167. The molecule has 0 radical (unpaired) electrons. The Morgan fingerprint density at radius 1 is 1.47 bits per heavy atom. The summed E-state index contributed by atoms with van der Waals surface area (Å²) in [5.41, 5.74) is 1.84. The maximum atomic E-state index is 12.1. The standard InChI is InChI=1S/C12H11IN2OS/c1-15(7-9-2-4-14-5-3-9)12(16)10-6-11(13)17-8-10/h2-6,8H,7H2,1H3. The van der Waals surface area contributed by atoms with Gasteiger partial charge in [0.2, 0.25) is 0 Å². The molecule has 1 amide bonds. The van der Waals surface area contributed by atoms with Gasteiger partial charge in [-0.05, 0) is 46.4 Å². The zero-order valence-electron chi connectivity index (χ0n) is 9.26. The summed E-state index contributed by atoms with van der Waals surface area (Å²) >= 11 is 3.81. The average molecular weight is 358 g/mol. The molecule has 0 bridgehead atoms. The number of hydrogen-bond donors (Lipinski definition) is 0. The first kappa shape index (κ1) is 12.5. The van der Waals surface area contributed by atoms with Crippen LogP contribution in [0.1, 0.15) is 15.9 Å². The number of thiophene rings is 1.